The van der Waals surface area contributed by atoms with Gasteiger partial charge in [0, 0.05) is 6.04 Å². The predicted molar refractivity (Wildman–Crippen MR) is 86.8 cm³/mol. The van der Waals surface area contributed by atoms with Gasteiger partial charge in [-0.05, 0) is 68.6 Å². The highest BCUT2D eigenvalue weighted by Gasteiger charge is 2.53. The maximum absolute atomic E-state index is 12.5. The SMILES string of the molecule is C[C@H](NC(=O)C[NH+]1CCNC(=O)C1)C12CC3CC(CC(C3)C1)C2. The molecule has 0 aromatic rings. The molecule has 1 aliphatic heterocycles. The molecule has 4 bridgehead atoms. The molecule has 5 aliphatic rings. The minimum Gasteiger partial charge on any atom is -0.348 e. The third-order valence-corrected chi connectivity index (χ3v) is 7.00. The highest BCUT2D eigenvalue weighted by Crippen LogP contribution is 2.61. The molecule has 5 rings (SSSR count). The minimum absolute atomic E-state index is 0.0631. The number of rotatable bonds is 4. The summed E-state index contributed by atoms with van der Waals surface area (Å²) < 4.78 is 0. The van der Waals surface area contributed by atoms with Gasteiger partial charge in [0.1, 0.15) is 0 Å². The van der Waals surface area contributed by atoms with Crippen molar-refractivity contribution in [3.05, 3.63) is 0 Å². The van der Waals surface area contributed by atoms with Gasteiger partial charge in [0.05, 0.1) is 13.1 Å². The number of hydrogen-bond acceptors (Lipinski definition) is 2. The number of nitrogens with one attached hydrogen (secondary N) is 3. The first-order valence-corrected chi connectivity index (χ1v) is 9.42. The van der Waals surface area contributed by atoms with Crippen molar-refractivity contribution in [3.63, 3.8) is 0 Å². The Morgan fingerprint density at radius 1 is 1.26 bits per heavy atom. The lowest BCUT2D eigenvalue weighted by Crippen LogP contribution is -3.16. The molecule has 0 aromatic heterocycles. The fourth-order valence-electron chi connectivity index (χ4n) is 6.29. The molecule has 2 amide bonds. The number of hydrogen-bond donors (Lipinski definition) is 3. The molecule has 0 radical (unpaired) electrons. The van der Waals surface area contributed by atoms with Crippen LogP contribution in [-0.2, 0) is 9.59 Å². The topological polar surface area (TPSA) is 62.6 Å². The summed E-state index contributed by atoms with van der Waals surface area (Å²) in [5.41, 5.74) is 0.360. The van der Waals surface area contributed by atoms with E-state index in [2.05, 4.69) is 17.6 Å². The third kappa shape index (κ3) is 3.00. The fourth-order valence-corrected chi connectivity index (χ4v) is 6.29. The summed E-state index contributed by atoms with van der Waals surface area (Å²) in [4.78, 5) is 25.0. The molecule has 4 aliphatic carbocycles. The number of carbonyl (C=O) groups is 2. The van der Waals surface area contributed by atoms with E-state index in [0.717, 1.165) is 29.2 Å². The minimum atomic E-state index is 0.0631. The van der Waals surface area contributed by atoms with Gasteiger partial charge in [0.25, 0.3) is 11.8 Å². The second kappa shape index (κ2) is 5.76. The Kier molecular flexibility index (Phi) is 3.87. The van der Waals surface area contributed by atoms with E-state index in [4.69, 9.17) is 0 Å². The maximum Gasteiger partial charge on any atom is 0.275 e. The van der Waals surface area contributed by atoms with Gasteiger partial charge in [-0.1, -0.05) is 0 Å². The van der Waals surface area contributed by atoms with Gasteiger partial charge in [-0.25, -0.2) is 0 Å². The van der Waals surface area contributed by atoms with Gasteiger partial charge in [0.2, 0.25) is 0 Å². The van der Waals surface area contributed by atoms with Gasteiger partial charge in [-0.2, -0.15) is 0 Å². The molecule has 3 N–H and O–H groups in total. The molecular formula is C18H30N3O2+. The Hall–Kier alpha value is -1.10. The molecule has 128 valence electrons. The van der Waals surface area contributed by atoms with Crippen molar-refractivity contribution >= 4 is 11.8 Å². The van der Waals surface area contributed by atoms with Crippen LogP contribution < -0.4 is 15.5 Å². The van der Waals surface area contributed by atoms with Crippen LogP contribution in [0.1, 0.15) is 45.4 Å². The monoisotopic (exact) mass is 320 g/mol. The molecule has 0 aromatic carbocycles. The van der Waals surface area contributed by atoms with Crippen LogP contribution in [0.4, 0.5) is 0 Å². The molecule has 1 heterocycles. The quantitative estimate of drug-likeness (QED) is 0.667. The van der Waals surface area contributed by atoms with E-state index in [-0.39, 0.29) is 17.9 Å². The van der Waals surface area contributed by atoms with E-state index in [1.165, 1.54) is 38.5 Å². The summed E-state index contributed by atoms with van der Waals surface area (Å²) in [6.45, 7) is 4.63. The average Bonchev–Trinajstić information content (AvgIpc) is 2.45. The zero-order valence-electron chi connectivity index (χ0n) is 14.2. The molecule has 2 atom stereocenters. The normalized spacial score (nSPS) is 43.1. The van der Waals surface area contributed by atoms with E-state index in [1.807, 2.05) is 0 Å². The molecule has 5 nitrogen and oxygen atoms in total. The summed E-state index contributed by atoms with van der Waals surface area (Å²) in [7, 11) is 0. The number of piperazine rings is 1. The van der Waals surface area contributed by atoms with Crippen LogP contribution in [0.2, 0.25) is 0 Å². The second-order valence-corrected chi connectivity index (χ2v) is 8.77. The molecule has 1 saturated heterocycles. The average molecular weight is 320 g/mol. The molecule has 5 heteroatoms. The Morgan fingerprint density at radius 3 is 2.43 bits per heavy atom. The van der Waals surface area contributed by atoms with E-state index in [9.17, 15) is 9.59 Å². The van der Waals surface area contributed by atoms with Crippen molar-refractivity contribution in [2.45, 2.75) is 51.5 Å². The number of quaternary nitrogens is 1. The van der Waals surface area contributed by atoms with Crippen LogP contribution >= 0.6 is 0 Å². The first kappa shape index (κ1) is 15.4. The largest absolute Gasteiger partial charge is 0.348 e. The van der Waals surface area contributed by atoms with E-state index < -0.39 is 0 Å². The molecule has 4 saturated carbocycles. The highest BCUT2D eigenvalue weighted by atomic mass is 16.2. The molecule has 0 spiro atoms. The van der Waals surface area contributed by atoms with Crippen LogP contribution in [0.15, 0.2) is 0 Å². The first-order chi connectivity index (χ1) is 11.0. The lowest BCUT2D eigenvalue weighted by atomic mass is 9.48. The summed E-state index contributed by atoms with van der Waals surface area (Å²) in [5, 5.41) is 6.13. The predicted octanol–water partition coefficient (Wildman–Crippen LogP) is -0.278. The van der Waals surface area contributed by atoms with Crippen molar-refractivity contribution in [2.75, 3.05) is 26.2 Å². The second-order valence-electron chi connectivity index (χ2n) is 8.77. The van der Waals surface area contributed by atoms with Gasteiger partial charge in [0.15, 0.2) is 13.1 Å². The molecule has 23 heavy (non-hydrogen) atoms. The van der Waals surface area contributed by atoms with Crippen LogP contribution in [0.25, 0.3) is 0 Å². The van der Waals surface area contributed by atoms with Crippen LogP contribution in [-0.4, -0.2) is 44.0 Å². The Labute approximate surface area is 138 Å². The van der Waals surface area contributed by atoms with Crippen molar-refractivity contribution in [1.29, 1.82) is 0 Å². The summed E-state index contributed by atoms with van der Waals surface area (Å²) in [5.74, 6) is 2.93. The smallest absolute Gasteiger partial charge is 0.275 e. The van der Waals surface area contributed by atoms with Crippen molar-refractivity contribution in [1.82, 2.24) is 10.6 Å². The highest BCUT2D eigenvalue weighted by molar-refractivity contribution is 5.79. The lowest BCUT2D eigenvalue weighted by molar-refractivity contribution is -0.885. The number of carbonyl (C=O) groups excluding carboxylic acids is 2. The van der Waals surface area contributed by atoms with Crippen molar-refractivity contribution in [3.8, 4) is 0 Å². The summed E-state index contributed by atoms with van der Waals surface area (Å²) in [6.07, 6.45) is 8.27. The molecule has 5 fully saturated rings. The molecular weight excluding hydrogens is 290 g/mol. The molecule has 1 unspecified atom stereocenters. The third-order valence-electron chi connectivity index (χ3n) is 7.00. The first-order valence-electron chi connectivity index (χ1n) is 9.42. The van der Waals surface area contributed by atoms with Crippen molar-refractivity contribution in [2.24, 2.45) is 23.2 Å². The zero-order valence-corrected chi connectivity index (χ0v) is 14.2. The van der Waals surface area contributed by atoms with E-state index >= 15 is 0 Å². The van der Waals surface area contributed by atoms with E-state index in [1.54, 1.807) is 0 Å². The van der Waals surface area contributed by atoms with Gasteiger partial charge in [-0.15, -0.1) is 0 Å². The van der Waals surface area contributed by atoms with Gasteiger partial charge < -0.3 is 15.5 Å². The van der Waals surface area contributed by atoms with Crippen LogP contribution in [0.5, 0.6) is 0 Å². The van der Waals surface area contributed by atoms with Gasteiger partial charge >= 0.3 is 0 Å². The fraction of sp³-hybridized carbons (Fsp3) is 0.889. The summed E-state index contributed by atoms with van der Waals surface area (Å²) >= 11 is 0. The lowest BCUT2D eigenvalue weighted by Gasteiger charge is -2.59. The van der Waals surface area contributed by atoms with Crippen molar-refractivity contribution < 1.29 is 14.5 Å². The summed E-state index contributed by atoms with van der Waals surface area (Å²) in [6, 6.07) is 0.279. The Morgan fingerprint density at radius 2 is 1.87 bits per heavy atom. The van der Waals surface area contributed by atoms with Crippen LogP contribution in [0.3, 0.4) is 0 Å². The Bertz CT molecular complexity index is 469. The van der Waals surface area contributed by atoms with E-state index in [0.29, 0.717) is 25.0 Å². The number of amides is 2. The van der Waals surface area contributed by atoms with Gasteiger partial charge in [-0.3, -0.25) is 9.59 Å². The Balaban J connectivity index is 1.35. The standard InChI is InChI=1S/C18H29N3O2/c1-12(20-17(23)11-21-3-2-19-16(22)10-21)18-7-13-4-14(8-18)6-15(5-13)9-18/h12-15H,2-11H2,1H3,(H,19,22)(H,20,23)/p+1/t12-,13?,14?,15?,18?/m0/s1. The van der Waals surface area contributed by atoms with Crippen LogP contribution in [0, 0.1) is 23.2 Å². The maximum atomic E-state index is 12.5. The zero-order chi connectivity index (χ0) is 16.0.